The van der Waals surface area contributed by atoms with Crippen LogP contribution < -0.4 is 0 Å². The Morgan fingerprint density at radius 2 is 2.22 bits per heavy atom. The number of hydrogen-bond donors (Lipinski definition) is 0. The Bertz CT molecular complexity index is 420. The first-order valence-electron chi connectivity index (χ1n) is 6.35. The molecule has 1 aromatic rings. The molecule has 0 aliphatic carbocycles. The molecular formula is C14H17NO3. The molecule has 4 heteroatoms. The van der Waals surface area contributed by atoms with Gasteiger partial charge in [0, 0.05) is 6.54 Å². The molecule has 1 amide bonds. The molecule has 0 spiro atoms. The highest BCUT2D eigenvalue weighted by molar-refractivity contribution is 5.78. The summed E-state index contributed by atoms with van der Waals surface area (Å²) in [5.74, 6) is 0.0849. The van der Waals surface area contributed by atoms with E-state index in [-0.39, 0.29) is 24.7 Å². The van der Waals surface area contributed by atoms with E-state index in [0.29, 0.717) is 13.2 Å². The van der Waals surface area contributed by atoms with Crippen LogP contribution in [0, 0.1) is 0 Å². The van der Waals surface area contributed by atoms with E-state index in [0.717, 1.165) is 18.5 Å². The smallest absolute Gasteiger partial charge is 0.249 e. The molecule has 3 rings (SSSR count). The number of amides is 1. The van der Waals surface area contributed by atoms with Crippen LogP contribution in [-0.2, 0) is 20.9 Å². The van der Waals surface area contributed by atoms with Gasteiger partial charge in [-0.3, -0.25) is 4.79 Å². The standard InChI is InChI=1S/C14H17NO3/c16-14(15-7-13-6-12(15)9-18-13)10-17-8-11-4-2-1-3-5-11/h1-5,12-13H,6-10H2/t12-,13+/m0/s1. The molecular weight excluding hydrogens is 230 g/mol. The molecule has 2 aliphatic heterocycles. The number of rotatable bonds is 4. The zero-order valence-electron chi connectivity index (χ0n) is 10.2. The van der Waals surface area contributed by atoms with Gasteiger partial charge in [0.2, 0.25) is 5.91 Å². The van der Waals surface area contributed by atoms with Crippen LogP contribution in [0.25, 0.3) is 0 Å². The van der Waals surface area contributed by atoms with Gasteiger partial charge in [-0.1, -0.05) is 30.3 Å². The van der Waals surface area contributed by atoms with E-state index in [1.807, 2.05) is 35.2 Å². The maximum absolute atomic E-state index is 12.0. The van der Waals surface area contributed by atoms with Crippen molar-refractivity contribution in [1.82, 2.24) is 4.90 Å². The van der Waals surface area contributed by atoms with Crippen molar-refractivity contribution in [1.29, 1.82) is 0 Å². The third-order valence-electron chi connectivity index (χ3n) is 3.56. The van der Waals surface area contributed by atoms with E-state index in [1.165, 1.54) is 0 Å². The van der Waals surface area contributed by atoms with Gasteiger partial charge < -0.3 is 14.4 Å². The van der Waals surface area contributed by atoms with E-state index in [4.69, 9.17) is 9.47 Å². The molecule has 0 N–H and O–H groups in total. The maximum atomic E-state index is 12.0. The summed E-state index contributed by atoms with van der Waals surface area (Å²) < 4.78 is 10.9. The lowest BCUT2D eigenvalue weighted by molar-refractivity contribution is -0.141. The molecule has 4 nitrogen and oxygen atoms in total. The number of likely N-dealkylation sites (tertiary alicyclic amines) is 1. The van der Waals surface area contributed by atoms with Gasteiger partial charge in [-0.15, -0.1) is 0 Å². The molecule has 96 valence electrons. The van der Waals surface area contributed by atoms with Gasteiger partial charge in [0.25, 0.3) is 0 Å². The fourth-order valence-corrected chi connectivity index (χ4v) is 2.62. The first-order valence-corrected chi connectivity index (χ1v) is 6.35. The predicted molar refractivity (Wildman–Crippen MR) is 66.0 cm³/mol. The summed E-state index contributed by atoms with van der Waals surface area (Å²) in [5.41, 5.74) is 1.09. The van der Waals surface area contributed by atoms with E-state index >= 15 is 0 Å². The molecule has 1 aromatic carbocycles. The van der Waals surface area contributed by atoms with Crippen LogP contribution in [0.2, 0.25) is 0 Å². The molecule has 2 fully saturated rings. The number of hydrogen-bond acceptors (Lipinski definition) is 3. The molecule has 2 aliphatic rings. The maximum Gasteiger partial charge on any atom is 0.249 e. The lowest BCUT2D eigenvalue weighted by Crippen LogP contribution is -2.43. The monoisotopic (exact) mass is 247 g/mol. The van der Waals surface area contributed by atoms with Gasteiger partial charge in [0.1, 0.15) is 6.61 Å². The average Bonchev–Trinajstić information content (AvgIpc) is 3.02. The number of fused-ring (bicyclic) bond motifs is 2. The number of nitrogens with zero attached hydrogens (tertiary/aromatic N) is 1. The molecule has 2 saturated heterocycles. The summed E-state index contributed by atoms with van der Waals surface area (Å²) in [4.78, 5) is 13.9. The Morgan fingerprint density at radius 3 is 2.89 bits per heavy atom. The van der Waals surface area contributed by atoms with E-state index in [1.54, 1.807) is 0 Å². The van der Waals surface area contributed by atoms with Crippen molar-refractivity contribution in [2.75, 3.05) is 19.8 Å². The van der Waals surface area contributed by atoms with Crippen LogP contribution in [0.3, 0.4) is 0 Å². The molecule has 0 unspecified atom stereocenters. The third-order valence-corrected chi connectivity index (χ3v) is 3.56. The fraction of sp³-hybridized carbons (Fsp3) is 0.500. The topological polar surface area (TPSA) is 38.8 Å². The second kappa shape index (κ2) is 5.08. The molecule has 0 saturated carbocycles. The van der Waals surface area contributed by atoms with Crippen molar-refractivity contribution < 1.29 is 14.3 Å². The largest absolute Gasteiger partial charge is 0.374 e. The highest BCUT2D eigenvalue weighted by atomic mass is 16.5. The Balaban J connectivity index is 1.45. The van der Waals surface area contributed by atoms with Crippen LogP contribution >= 0.6 is 0 Å². The van der Waals surface area contributed by atoms with Crippen molar-refractivity contribution in [3.63, 3.8) is 0 Å². The van der Waals surface area contributed by atoms with Crippen molar-refractivity contribution in [3.05, 3.63) is 35.9 Å². The summed E-state index contributed by atoms with van der Waals surface area (Å²) >= 11 is 0. The molecule has 0 radical (unpaired) electrons. The van der Waals surface area contributed by atoms with Crippen LogP contribution in [0.5, 0.6) is 0 Å². The van der Waals surface area contributed by atoms with E-state index in [9.17, 15) is 4.79 Å². The van der Waals surface area contributed by atoms with Gasteiger partial charge >= 0.3 is 0 Å². The number of benzene rings is 1. The minimum absolute atomic E-state index is 0.0849. The van der Waals surface area contributed by atoms with Gasteiger partial charge in [-0.05, 0) is 12.0 Å². The fourth-order valence-electron chi connectivity index (χ4n) is 2.62. The van der Waals surface area contributed by atoms with Crippen molar-refractivity contribution in [2.45, 2.75) is 25.2 Å². The highest BCUT2D eigenvalue weighted by Crippen LogP contribution is 2.27. The summed E-state index contributed by atoms with van der Waals surface area (Å²) in [6.45, 7) is 2.08. The lowest BCUT2D eigenvalue weighted by Gasteiger charge is -2.26. The predicted octanol–water partition coefficient (Wildman–Crippen LogP) is 1.20. The number of ether oxygens (including phenoxy) is 2. The van der Waals surface area contributed by atoms with E-state index < -0.39 is 0 Å². The second-order valence-electron chi connectivity index (χ2n) is 4.87. The van der Waals surface area contributed by atoms with Crippen LogP contribution in [0.15, 0.2) is 30.3 Å². The quantitative estimate of drug-likeness (QED) is 0.802. The average molecular weight is 247 g/mol. The summed E-state index contributed by atoms with van der Waals surface area (Å²) in [6.07, 6.45) is 1.25. The Hall–Kier alpha value is -1.39. The first-order chi connectivity index (χ1) is 8.83. The van der Waals surface area contributed by atoms with Crippen molar-refractivity contribution in [2.24, 2.45) is 0 Å². The molecule has 0 aromatic heterocycles. The minimum atomic E-state index is 0.0849. The minimum Gasteiger partial charge on any atom is -0.374 e. The van der Waals surface area contributed by atoms with E-state index in [2.05, 4.69) is 0 Å². The number of carbonyl (C=O) groups is 1. The normalized spacial score (nSPS) is 25.7. The Labute approximate surface area is 106 Å². The van der Waals surface area contributed by atoms with Crippen LogP contribution in [0.1, 0.15) is 12.0 Å². The molecule has 2 bridgehead atoms. The van der Waals surface area contributed by atoms with Crippen molar-refractivity contribution >= 4 is 5.91 Å². The van der Waals surface area contributed by atoms with Gasteiger partial charge in [0.05, 0.1) is 25.4 Å². The summed E-state index contributed by atoms with van der Waals surface area (Å²) in [5, 5.41) is 0. The molecule has 18 heavy (non-hydrogen) atoms. The van der Waals surface area contributed by atoms with Crippen molar-refractivity contribution in [3.8, 4) is 0 Å². The molecule has 2 atom stereocenters. The van der Waals surface area contributed by atoms with Gasteiger partial charge in [-0.2, -0.15) is 0 Å². The van der Waals surface area contributed by atoms with Gasteiger partial charge in [0.15, 0.2) is 0 Å². The van der Waals surface area contributed by atoms with Gasteiger partial charge in [-0.25, -0.2) is 0 Å². The summed E-state index contributed by atoms with van der Waals surface area (Å²) in [6, 6.07) is 10.2. The third kappa shape index (κ3) is 2.40. The number of carbonyl (C=O) groups excluding carboxylic acids is 1. The summed E-state index contributed by atoms with van der Waals surface area (Å²) in [7, 11) is 0. The van der Waals surface area contributed by atoms with Crippen LogP contribution in [-0.4, -0.2) is 42.7 Å². The Kier molecular flexibility index (Phi) is 3.30. The lowest BCUT2D eigenvalue weighted by atomic mass is 10.2. The zero-order chi connectivity index (χ0) is 12.4. The van der Waals surface area contributed by atoms with Crippen LogP contribution in [0.4, 0.5) is 0 Å². The Morgan fingerprint density at radius 1 is 1.39 bits per heavy atom. The first kappa shape index (κ1) is 11.7. The zero-order valence-corrected chi connectivity index (χ0v) is 10.2. The highest BCUT2D eigenvalue weighted by Gasteiger charge is 2.41. The second-order valence-corrected chi connectivity index (χ2v) is 4.87. The number of morpholine rings is 1. The SMILES string of the molecule is O=C(COCc1ccccc1)N1C[C@H]2C[C@H]1CO2. The molecule has 2 heterocycles.